The highest BCUT2D eigenvalue weighted by Gasteiger charge is 2.40. The summed E-state index contributed by atoms with van der Waals surface area (Å²) in [5, 5.41) is 4.37. The summed E-state index contributed by atoms with van der Waals surface area (Å²) in [6.07, 6.45) is 6.20. The van der Waals surface area contributed by atoms with Gasteiger partial charge in [-0.2, -0.15) is 0 Å². The third-order valence-corrected chi connectivity index (χ3v) is 7.05. The van der Waals surface area contributed by atoms with Gasteiger partial charge in [-0.3, -0.25) is 4.79 Å². The maximum absolute atomic E-state index is 13.6. The van der Waals surface area contributed by atoms with Crippen molar-refractivity contribution in [1.29, 1.82) is 0 Å². The molecule has 1 atom stereocenters. The summed E-state index contributed by atoms with van der Waals surface area (Å²) < 4.78 is 17.1. The number of fused-ring (bicyclic) bond motifs is 1. The van der Waals surface area contributed by atoms with Crippen molar-refractivity contribution in [3.05, 3.63) is 60.4 Å². The molecule has 2 fully saturated rings. The molecule has 5 nitrogen and oxygen atoms in total. The van der Waals surface area contributed by atoms with Crippen LogP contribution in [0.2, 0.25) is 0 Å². The molecule has 3 heterocycles. The van der Waals surface area contributed by atoms with Crippen LogP contribution in [0.15, 0.2) is 59.2 Å². The predicted octanol–water partition coefficient (Wildman–Crippen LogP) is 4.98. The van der Waals surface area contributed by atoms with E-state index in [9.17, 15) is 4.79 Å². The zero-order valence-corrected chi connectivity index (χ0v) is 18.5. The first-order valence-electron chi connectivity index (χ1n) is 11.7. The minimum absolute atomic E-state index is 0.151. The molecule has 1 aromatic heterocycles. The van der Waals surface area contributed by atoms with E-state index >= 15 is 0 Å². The number of hydrogen-bond donors (Lipinski definition) is 1. The lowest BCUT2D eigenvalue weighted by atomic mass is 9.73. The Bertz CT molecular complexity index is 1060. The summed E-state index contributed by atoms with van der Waals surface area (Å²) in [5.74, 6) is 0.562. The van der Waals surface area contributed by atoms with Crippen LogP contribution >= 0.6 is 0 Å². The predicted molar refractivity (Wildman–Crippen MR) is 124 cm³/mol. The monoisotopic (exact) mass is 433 g/mol. The van der Waals surface area contributed by atoms with Gasteiger partial charge in [0.1, 0.15) is 5.58 Å². The minimum atomic E-state index is -0.455. The Morgan fingerprint density at radius 3 is 2.62 bits per heavy atom. The van der Waals surface area contributed by atoms with Crippen molar-refractivity contribution in [3.63, 3.8) is 0 Å². The van der Waals surface area contributed by atoms with E-state index in [0.29, 0.717) is 32.1 Å². The van der Waals surface area contributed by atoms with Crippen LogP contribution in [-0.2, 0) is 20.7 Å². The number of nitrogens with one attached hydrogen (secondary N) is 1. The molecule has 0 spiro atoms. The molecular weight excluding hydrogens is 402 g/mol. The van der Waals surface area contributed by atoms with Crippen LogP contribution in [0, 0.1) is 11.3 Å². The molecule has 2 aliphatic heterocycles. The van der Waals surface area contributed by atoms with Crippen LogP contribution in [0.4, 0.5) is 0 Å². The first-order chi connectivity index (χ1) is 15.8. The average Bonchev–Trinajstić information content (AvgIpc) is 3.28. The second-order valence-electron chi connectivity index (χ2n) is 9.17. The van der Waals surface area contributed by atoms with E-state index in [0.717, 1.165) is 61.0 Å². The van der Waals surface area contributed by atoms with Crippen molar-refractivity contribution in [3.8, 4) is 11.1 Å². The number of benzene rings is 2. The zero-order valence-electron chi connectivity index (χ0n) is 18.5. The molecule has 168 valence electrons. The Hall–Kier alpha value is -2.63. The Labute approximate surface area is 189 Å². The lowest BCUT2D eigenvalue weighted by molar-refractivity contribution is -0.137. The fourth-order valence-corrected chi connectivity index (χ4v) is 5.13. The minimum Gasteiger partial charge on any atom is -0.464 e. The maximum atomic E-state index is 13.6. The van der Waals surface area contributed by atoms with E-state index in [4.69, 9.17) is 13.9 Å². The van der Waals surface area contributed by atoms with Gasteiger partial charge < -0.3 is 19.2 Å². The maximum Gasteiger partial charge on any atom is 0.226 e. The van der Waals surface area contributed by atoms with Crippen molar-refractivity contribution in [1.82, 2.24) is 5.32 Å². The van der Waals surface area contributed by atoms with Gasteiger partial charge in [0.05, 0.1) is 18.3 Å². The molecule has 0 radical (unpaired) electrons. The molecule has 2 saturated heterocycles. The summed E-state index contributed by atoms with van der Waals surface area (Å²) in [6, 6.07) is 16.5. The SMILES string of the molecule is O=C(NC[C@@H]1CCCOC1)C1(Cc2ccccc2-c2coc3ccccc23)CCOCC1. The van der Waals surface area contributed by atoms with Gasteiger partial charge in [0.2, 0.25) is 5.91 Å². The summed E-state index contributed by atoms with van der Waals surface area (Å²) in [6.45, 7) is 3.51. The summed E-state index contributed by atoms with van der Waals surface area (Å²) in [5.41, 5.74) is 3.82. The largest absolute Gasteiger partial charge is 0.464 e. The van der Waals surface area contributed by atoms with Crippen molar-refractivity contribution in [2.24, 2.45) is 11.3 Å². The van der Waals surface area contributed by atoms with Gasteiger partial charge in [0.25, 0.3) is 0 Å². The number of rotatable bonds is 6. The van der Waals surface area contributed by atoms with Crippen molar-refractivity contribution >= 4 is 16.9 Å². The van der Waals surface area contributed by atoms with Gasteiger partial charge in [-0.15, -0.1) is 0 Å². The molecule has 5 heteroatoms. The van der Waals surface area contributed by atoms with Gasteiger partial charge in [0.15, 0.2) is 0 Å². The quantitative estimate of drug-likeness (QED) is 0.595. The number of hydrogen-bond acceptors (Lipinski definition) is 4. The number of furan rings is 1. The number of carbonyl (C=O) groups excluding carboxylic acids is 1. The zero-order chi connectivity index (χ0) is 21.8. The van der Waals surface area contributed by atoms with Gasteiger partial charge in [0, 0.05) is 37.3 Å². The fourth-order valence-electron chi connectivity index (χ4n) is 5.13. The molecule has 0 aliphatic carbocycles. The highest BCUT2D eigenvalue weighted by molar-refractivity contribution is 5.95. The van der Waals surface area contributed by atoms with Crippen molar-refractivity contribution in [2.45, 2.75) is 32.1 Å². The van der Waals surface area contributed by atoms with Crippen molar-refractivity contribution in [2.75, 3.05) is 33.0 Å². The Balaban J connectivity index is 1.41. The van der Waals surface area contributed by atoms with E-state index in [1.807, 2.05) is 24.5 Å². The molecular formula is C27H31NO4. The number of para-hydroxylation sites is 1. The van der Waals surface area contributed by atoms with E-state index in [2.05, 4.69) is 35.6 Å². The summed E-state index contributed by atoms with van der Waals surface area (Å²) in [4.78, 5) is 13.6. The molecule has 3 aromatic rings. The number of carbonyl (C=O) groups is 1. The summed E-state index contributed by atoms with van der Waals surface area (Å²) in [7, 11) is 0. The lowest BCUT2D eigenvalue weighted by Gasteiger charge is -2.37. The van der Waals surface area contributed by atoms with E-state index < -0.39 is 5.41 Å². The second kappa shape index (κ2) is 9.47. The number of amides is 1. The van der Waals surface area contributed by atoms with Crippen LogP contribution in [0.1, 0.15) is 31.2 Å². The molecule has 2 aromatic carbocycles. The second-order valence-corrected chi connectivity index (χ2v) is 9.17. The average molecular weight is 434 g/mol. The Morgan fingerprint density at radius 1 is 0.969 bits per heavy atom. The smallest absolute Gasteiger partial charge is 0.226 e. The van der Waals surface area contributed by atoms with Crippen LogP contribution < -0.4 is 5.32 Å². The van der Waals surface area contributed by atoms with E-state index in [1.54, 1.807) is 0 Å². The Kier molecular flexibility index (Phi) is 6.28. The van der Waals surface area contributed by atoms with Crippen LogP contribution in [-0.4, -0.2) is 38.9 Å². The summed E-state index contributed by atoms with van der Waals surface area (Å²) >= 11 is 0. The molecule has 5 rings (SSSR count). The molecule has 1 amide bonds. The molecule has 0 unspecified atom stereocenters. The van der Waals surface area contributed by atoms with Gasteiger partial charge in [-0.1, -0.05) is 42.5 Å². The fraction of sp³-hybridized carbons (Fsp3) is 0.444. The van der Waals surface area contributed by atoms with E-state index in [-0.39, 0.29) is 5.91 Å². The van der Waals surface area contributed by atoms with Crippen LogP contribution in [0.3, 0.4) is 0 Å². The molecule has 0 bridgehead atoms. The Morgan fingerprint density at radius 2 is 1.78 bits per heavy atom. The highest BCUT2D eigenvalue weighted by atomic mass is 16.5. The van der Waals surface area contributed by atoms with Crippen LogP contribution in [0.25, 0.3) is 22.1 Å². The number of ether oxygens (including phenoxy) is 2. The van der Waals surface area contributed by atoms with Gasteiger partial charge >= 0.3 is 0 Å². The highest BCUT2D eigenvalue weighted by Crippen LogP contribution is 2.39. The molecule has 32 heavy (non-hydrogen) atoms. The third kappa shape index (κ3) is 4.32. The molecule has 0 saturated carbocycles. The van der Waals surface area contributed by atoms with E-state index in [1.165, 1.54) is 5.56 Å². The topological polar surface area (TPSA) is 60.7 Å². The first-order valence-corrected chi connectivity index (χ1v) is 11.7. The standard InChI is InChI=1S/C27H31NO4/c29-26(28-17-20-6-5-13-31-18-20)27(11-14-30-15-12-27)16-21-7-1-2-8-22(21)24-19-32-25-10-4-3-9-23(24)25/h1-4,7-10,19-20H,5-6,11-18H2,(H,28,29)/t20-/m0/s1. The normalized spacial score (nSPS) is 20.8. The first kappa shape index (κ1) is 21.2. The lowest BCUT2D eigenvalue weighted by Crippen LogP contribution is -2.47. The van der Waals surface area contributed by atoms with Crippen molar-refractivity contribution < 1.29 is 18.7 Å². The van der Waals surface area contributed by atoms with Crippen LogP contribution in [0.5, 0.6) is 0 Å². The molecule has 2 aliphatic rings. The third-order valence-electron chi connectivity index (χ3n) is 7.05. The molecule has 1 N–H and O–H groups in total. The van der Waals surface area contributed by atoms with Gasteiger partial charge in [-0.05, 0) is 55.2 Å². The van der Waals surface area contributed by atoms with Gasteiger partial charge in [-0.25, -0.2) is 0 Å².